The number of aryl methyl sites for hydroxylation is 1. The number of nitrogens with zero attached hydrogens (tertiary/aromatic N) is 5. The second kappa shape index (κ2) is 4.94. The van der Waals surface area contributed by atoms with Crippen LogP contribution in [0.4, 0.5) is 0 Å². The second-order valence-electron chi connectivity index (χ2n) is 6.98. The Morgan fingerprint density at radius 3 is 2.64 bits per heavy atom. The number of aromatic nitrogens is 2. The number of rotatable bonds is 1. The average Bonchev–Trinajstić information content (AvgIpc) is 2.62. The van der Waals surface area contributed by atoms with E-state index in [4.69, 9.17) is 11.6 Å². The normalized spacial score (nSPS) is 24.6. The highest BCUT2D eigenvalue weighted by molar-refractivity contribution is 6.34. The average molecular weight is 324 g/mol. The summed E-state index contributed by atoms with van der Waals surface area (Å²) in [5, 5.41) is 5.05. The van der Waals surface area contributed by atoms with Gasteiger partial charge < -0.3 is 9.80 Å². The molecule has 0 atom stereocenters. The highest BCUT2D eigenvalue weighted by atomic mass is 35.5. The molecule has 22 heavy (non-hydrogen) atoms. The van der Waals surface area contributed by atoms with Gasteiger partial charge >= 0.3 is 0 Å². The van der Waals surface area contributed by atoms with E-state index in [-0.39, 0.29) is 11.4 Å². The van der Waals surface area contributed by atoms with Crippen molar-refractivity contribution in [2.24, 2.45) is 0 Å². The second-order valence-corrected chi connectivity index (χ2v) is 7.36. The highest BCUT2D eigenvalue weighted by Crippen LogP contribution is 2.39. The van der Waals surface area contributed by atoms with Crippen LogP contribution in [0.5, 0.6) is 0 Å². The Bertz CT molecular complexity index is 622. The molecule has 0 N–H and O–H groups in total. The zero-order valence-corrected chi connectivity index (χ0v) is 13.9. The first kappa shape index (κ1) is 14.5. The van der Waals surface area contributed by atoms with E-state index in [1.165, 1.54) is 6.42 Å². The Balaban J connectivity index is 1.54. The molecule has 1 amide bonds. The number of carbonyl (C=O) groups is 1. The van der Waals surface area contributed by atoms with Crippen molar-refractivity contribution in [3.63, 3.8) is 0 Å². The third-order valence-corrected chi connectivity index (χ3v) is 5.90. The van der Waals surface area contributed by atoms with Gasteiger partial charge in [-0.05, 0) is 26.9 Å². The molecule has 0 unspecified atom stereocenters. The Hall–Kier alpha value is -1.11. The minimum absolute atomic E-state index is 0.0147. The van der Waals surface area contributed by atoms with Crippen LogP contribution in [0.2, 0.25) is 5.02 Å². The number of amides is 1. The lowest BCUT2D eigenvalue weighted by atomic mass is 9.78. The van der Waals surface area contributed by atoms with E-state index in [2.05, 4.69) is 29.0 Å². The van der Waals surface area contributed by atoms with Gasteiger partial charge in [0.15, 0.2) is 5.69 Å². The molecule has 1 aromatic rings. The lowest BCUT2D eigenvalue weighted by molar-refractivity contribution is -0.0923. The maximum atomic E-state index is 12.7. The predicted octanol–water partition coefficient (Wildman–Crippen LogP) is 0.902. The minimum atomic E-state index is -0.0147. The van der Waals surface area contributed by atoms with Crippen LogP contribution in [0.1, 0.15) is 29.0 Å². The maximum absolute atomic E-state index is 12.7. The summed E-state index contributed by atoms with van der Waals surface area (Å²) in [5.74, 6) is -0.0147. The van der Waals surface area contributed by atoms with Crippen LogP contribution in [0.15, 0.2) is 0 Å². The number of fused-ring (bicyclic) bond motifs is 1. The Labute approximate surface area is 135 Å². The van der Waals surface area contributed by atoms with Gasteiger partial charge in [0, 0.05) is 39.3 Å². The van der Waals surface area contributed by atoms with Gasteiger partial charge in [-0.15, -0.1) is 0 Å². The molecule has 2 saturated heterocycles. The molecule has 0 saturated carbocycles. The zero-order chi connectivity index (χ0) is 15.5. The fourth-order valence-electron chi connectivity index (χ4n) is 3.78. The van der Waals surface area contributed by atoms with Crippen LogP contribution >= 0.6 is 11.6 Å². The minimum Gasteiger partial charge on any atom is -0.333 e. The van der Waals surface area contributed by atoms with Gasteiger partial charge in [-0.25, -0.2) is 0 Å². The molecule has 0 aliphatic carbocycles. The van der Waals surface area contributed by atoms with Gasteiger partial charge in [-0.2, -0.15) is 5.10 Å². The molecular formula is C15H22ClN5O. The third-order valence-electron chi connectivity index (χ3n) is 5.51. The van der Waals surface area contributed by atoms with Gasteiger partial charge in [0.05, 0.1) is 16.3 Å². The maximum Gasteiger partial charge on any atom is 0.276 e. The smallest absolute Gasteiger partial charge is 0.276 e. The van der Waals surface area contributed by atoms with E-state index < -0.39 is 0 Å². The van der Waals surface area contributed by atoms with Gasteiger partial charge in [0.2, 0.25) is 0 Å². The van der Waals surface area contributed by atoms with E-state index in [9.17, 15) is 4.79 Å². The van der Waals surface area contributed by atoms with Crippen molar-refractivity contribution in [3.8, 4) is 0 Å². The van der Waals surface area contributed by atoms with Crippen LogP contribution in [0.25, 0.3) is 0 Å². The van der Waals surface area contributed by atoms with E-state index in [0.717, 1.165) is 51.4 Å². The molecule has 0 bridgehead atoms. The summed E-state index contributed by atoms with van der Waals surface area (Å²) in [4.78, 5) is 19.2. The van der Waals surface area contributed by atoms with Gasteiger partial charge in [-0.1, -0.05) is 11.6 Å². The monoisotopic (exact) mass is 323 g/mol. The molecule has 7 heteroatoms. The zero-order valence-electron chi connectivity index (χ0n) is 13.2. The van der Waals surface area contributed by atoms with E-state index >= 15 is 0 Å². The van der Waals surface area contributed by atoms with Crippen LogP contribution < -0.4 is 0 Å². The molecule has 2 fully saturated rings. The van der Waals surface area contributed by atoms with Gasteiger partial charge in [0.1, 0.15) is 0 Å². The van der Waals surface area contributed by atoms with Gasteiger partial charge in [0.25, 0.3) is 5.91 Å². The molecule has 1 spiro atoms. The van der Waals surface area contributed by atoms with Crippen LogP contribution in [-0.2, 0) is 13.1 Å². The summed E-state index contributed by atoms with van der Waals surface area (Å²) in [6.07, 6.45) is 2.22. The third kappa shape index (κ3) is 2.01. The number of hydrogen-bond acceptors (Lipinski definition) is 4. The highest BCUT2D eigenvalue weighted by Gasteiger charge is 2.53. The molecule has 0 radical (unpaired) electrons. The summed E-state index contributed by atoms with van der Waals surface area (Å²) < 4.78 is 1.92. The van der Waals surface area contributed by atoms with E-state index in [1.807, 2.05) is 9.58 Å². The van der Waals surface area contributed by atoms with Crippen molar-refractivity contribution in [3.05, 3.63) is 16.4 Å². The molecule has 0 aromatic carbocycles. The first-order chi connectivity index (χ1) is 10.5. The number of likely N-dealkylation sites (N-methyl/N-ethyl adjacent to an activating group) is 1. The molecule has 4 heterocycles. The van der Waals surface area contributed by atoms with Crippen molar-refractivity contribution in [1.29, 1.82) is 0 Å². The summed E-state index contributed by atoms with van der Waals surface area (Å²) in [6.45, 7) is 5.37. The largest absolute Gasteiger partial charge is 0.333 e. The number of carbonyl (C=O) groups excluding carboxylic acids is 1. The molecule has 120 valence electrons. The first-order valence-corrected chi connectivity index (χ1v) is 8.32. The molecule has 3 aliphatic heterocycles. The molecule has 6 nitrogen and oxygen atoms in total. The fraction of sp³-hybridized carbons (Fsp3) is 0.733. The van der Waals surface area contributed by atoms with E-state index in [1.54, 1.807) is 0 Å². The van der Waals surface area contributed by atoms with Crippen molar-refractivity contribution in [2.75, 3.05) is 40.3 Å². The standard InChI is InChI=1S/C15H22ClN5O/c1-18-5-3-6-21-11(8-18)12(16)13(17-21)14(22)20-9-15(10-20)4-7-19(15)2/h3-10H2,1-2H3. The molecule has 1 aromatic heterocycles. The summed E-state index contributed by atoms with van der Waals surface area (Å²) in [7, 11) is 4.21. The van der Waals surface area contributed by atoms with Crippen molar-refractivity contribution in [1.82, 2.24) is 24.5 Å². The lowest BCUT2D eigenvalue weighted by Gasteiger charge is -2.61. The van der Waals surface area contributed by atoms with Crippen molar-refractivity contribution < 1.29 is 4.79 Å². The molecular weight excluding hydrogens is 302 g/mol. The Kier molecular flexibility index (Phi) is 3.25. The summed E-state index contributed by atoms with van der Waals surface area (Å²) in [5.41, 5.74) is 1.64. The topological polar surface area (TPSA) is 44.6 Å². The Morgan fingerprint density at radius 1 is 1.23 bits per heavy atom. The predicted molar refractivity (Wildman–Crippen MR) is 84.1 cm³/mol. The quantitative estimate of drug-likeness (QED) is 0.770. The summed E-state index contributed by atoms with van der Waals surface area (Å²) >= 11 is 6.48. The SMILES string of the molecule is CN1CCCn2nc(C(=O)N3CC4(CCN4C)C3)c(Cl)c2C1. The van der Waals surface area contributed by atoms with E-state index in [0.29, 0.717) is 10.7 Å². The number of hydrogen-bond donors (Lipinski definition) is 0. The van der Waals surface area contributed by atoms with Crippen LogP contribution in [0.3, 0.4) is 0 Å². The van der Waals surface area contributed by atoms with Crippen LogP contribution in [-0.4, -0.2) is 76.2 Å². The molecule has 3 aliphatic rings. The lowest BCUT2D eigenvalue weighted by Crippen LogP contribution is -2.76. The molecule has 4 rings (SSSR count). The van der Waals surface area contributed by atoms with Crippen molar-refractivity contribution in [2.45, 2.75) is 31.5 Å². The van der Waals surface area contributed by atoms with Crippen LogP contribution in [0, 0.1) is 0 Å². The Morgan fingerprint density at radius 2 is 2.00 bits per heavy atom. The fourth-order valence-corrected chi connectivity index (χ4v) is 4.06. The number of likely N-dealkylation sites (tertiary alicyclic amines) is 2. The summed E-state index contributed by atoms with van der Waals surface area (Å²) in [6, 6.07) is 0. The van der Waals surface area contributed by atoms with Gasteiger partial charge in [-0.3, -0.25) is 14.4 Å². The van der Waals surface area contributed by atoms with Crippen molar-refractivity contribution >= 4 is 17.5 Å². The number of halogens is 1. The first-order valence-electron chi connectivity index (χ1n) is 7.94.